The van der Waals surface area contributed by atoms with Crippen molar-refractivity contribution >= 4 is 34.4 Å². The maximum atomic E-state index is 14.2. The molecule has 0 fully saturated rings. The van der Waals surface area contributed by atoms with Crippen LogP contribution in [-0.4, -0.2) is 26.4 Å². The number of ether oxygens (including phenoxy) is 1. The van der Waals surface area contributed by atoms with E-state index in [2.05, 4.69) is 10.1 Å². The summed E-state index contributed by atoms with van der Waals surface area (Å²) in [4.78, 5) is 17.9. The second-order valence-corrected chi connectivity index (χ2v) is 8.19. The number of hydrogen-bond acceptors (Lipinski definition) is 5. The van der Waals surface area contributed by atoms with Crippen LogP contribution in [0.3, 0.4) is 0 Å². The van der Waals surface area contributed by atoms with Crippen LogP contribution in [0.2, 0.25) is 5.02 Å². The number of aryl methyl sites for hydroxylation is 1. The lowest BCUT2D eigenvalue weighted by Crippen LogP contribution is -2.24. The lowest BCUT2D eigenvalue weighted by atomic mass is 10.2. The van der Waals surface area contributed by atoms with Crippen LogP contribution in [0.5, 0.6) is 5.75 Å². The summed E-state index contributed by atoms with van der Waals surface area (Å²) in [7, 11) is 1.60. The van der Waals surface area contributed by atoms with E-state index in [0.29, 0.717) is 39.9 Å². The fourth-order valence-corrected chi connectivity index (χ4v) is 4.50. The quantitative estimate of drug-likeness (QED) is 0.295. The molecule has 0 saturated heterocycles. The number of benzene rings is 2. The van der Waals surface area contributed by atoms with E-state index in [0.717, 1.165) is 11.3 Å². The highest BCUT2D eigenvalue weighted by molar-refractivity contribution is 7.98. The number of hydrogen-bond donors (Lipinski definition) is 0. The molecule has 4 rings (SSSR count). The predicted octanol–water partition coefficient (Wildman–Crippen LogP) is 4.75. The molecule has 0 atom stereocenters. The first-order chi connectivity index (χ1) is 15.0. The highest BCUT2D eigenvalue weighted by atomic mass is 35.5. The maximum absolute atomic E-state index is 14.2. The van der Waals surface area contributed by atoms with E-state index in [1.807, 2.05) is 31.2 Å². The first kappa shape index (κ1) is 21.4. The molecule has 160 valence electrons. The fourth-order valence-electron chi connectivity index (χ4n) is 3.16. The molecule has 0 radical (unpaired) electrons. The lowest BCUT2D eigenvalue weighted by Gasteiger charge is -2.13. The third kappa shape index (κ3) is 4.45. The Balaban J connectivity index is 1.75. The summed E-state index contributed by atoms with van der Waals surface area (Å²) in [5.74, 6) is 0.590. The van der Waals surface area contributed by atoms with Gasteiger partial charge in [0.2, 0.25) is 0 Å². The van der Waals surface area contributed by atoms with Gasteiger partial charge in [-0.25, -0.2) is 9.37 Å². The first-order valence-electron chi connectivity index (χ1n) is 9.66. The van der Waals surface area contributed by atoms with Gasteiger partial charge >= 0.3 is 0 Å². The number of fused-ring (bicyclic) bond motifs is 1. The van der Waals surface area contributed by atoms with Crippen molar-refractivity contribution in [3.8, 4) is 5.75 Å². The molecule has 0 spiro atoms. The molecule has 0 aliphatic carbocycles. The minimum Gasteiger partial charge on any atom is -0.497 e. The van der Waals surface area contributed by atoms with Gasteiger partial charge in [0.05, 0.1) is 19.9 Å². The molecule has 0 amide bonds. The zero-order valence-corrected chi connectivity index (χ0v) is 18.6. The second-order valence-electron chi connectivity index (χ2n) is 6.84. The number of methoxy groups -OCH3 is 1. The molecule has 0 bridgehead atoms. The smallest absolute Gasteiger partial charge is 0.282 e. The van der Waals surface area contributed by atoms with Crippen LogP contribution < -0.4 is 10.3 Å². The van der Waals surface area contributed by atoms with Crippen LogP contribution in [0.4, 0.5) is 4.39 Å². The molecule has 9 heteroatoms. The van der Waals surface area contributed by atoms with Gasteiger partial charge in [-0.2, -0.15) is 5.10 Å². The average molecular weight is 459 g/mol. The molecule has 0 unspecified atom stereocenters. The van der Waals surface area contributed by atoms with Crippen molar-refractivity contribution in [2.75, 3.05) is 7.11 Å². The van der Waals surface area contributed by atoms with Gasteiger partial charge in [0.25, 0.3) is 5.56 Å². The predicted molar refractivity (Wildman–Crippen MR) is 121 cm³/mol. The number of thioether (sulfide) groups is 1. The summed E-state index contributed by atoms with van der Waals surface area (Å²) in [5.41, 5.74) is 1.87. The van der Waals surface area contributed by atoms with Crippen molar-refractivity contribution in [2.45, 2.75) is 30.9 Å². The summed E-state index contributed by atoms with van der Waals surface area (Å²) >= 11 is 7.44. The highest BCUT2D eigenvalue weighted by Gasteiger charge is 2.17. The Morgan fingerprint density at radius 3 is 2.65 bits per heavy atom. The normalized spacial score (nSPS) is 11.2. The largest absolute Gasteiger partial charge is 0.497 e. The molecule has 2 aromatic carbocycles. The van der Waals surface area contributed by atoms with Gasteiger partial charge in [-0.15, -0.1) is 0 Å². The van der Waals surface area contributed by atoms with Gasteiger partial charge < -0.3 is 4.74 Å². The topological polar surface area (TPSA) is 61.9 Å². The SMILES string of the molecule is CCn1cc2nc(SCc3c(F)cccc3Cl)n(Cc3ccc(OC)cc3)c(=O)c2n1. The monoisotopic (exact) mass is 458 g/mol. The van der Waals surface area contributed by atoms with Crippen LogP contribution >= 0.6 is 23.4 Å². The average Bonchev–Trinajstić information content (AvgIpc) is 3.20. The standard InChI is InChI=1S/C22H20ClFN4O2S/c1-3-27-12-19-20(26-27)21(29)28(11-14-7-9-15(30-2)10-8-14)22(25-19)31-13-16-17(23)5-4-6-18(16)24/h4-10,12H,3,11,13H2,1-2H3. The fraction of sp³-hybridized carbons (Fsp3) is 0.227. The van der Waals surface area contributed by atoms with E-state index in [-0.39, 0.29) is 17.1 Å². The Kier molecular flexibility index (Phi) is 6.29. The van der Waals surface area contributed by atoms with E-state index in [1.165, 1.54) is 17.8 Å². The zero-order chi connectivity index (χ0) is 22.0. The molecular formula is C22H20ClFN4O2S. The molecular weight excluding hydrogens is 439 g/mol. The van der Waals surface area contributed by atoms with Crippen molar-refractivity contribution in [3.63, 3.8) is 0 Å². The number of nitrogens with zero attached hydrogens (tertiary/aromatic N) is 4. The molecule has 0 N–H and O–H groups in total. The van der Waals surface area contributed by atoms with E-state index in [9.17, 15) is 9.18 Å². The Hall–Kier alpha value is -2.84. The lowest BCUT2D eigenvalue weighted by molar-refractivity contribution is 0.414. The van der Waals surface area contributed by atoms with Crippen molar-refractivity contribution < 1.29 is 9.13 Å². The summed E-state index contributed by atoms with van der Waals surface area (Å²) in [5, 5.41) is 5.18. The Labute approximate surface area is 187 Å². The molecule has 6 nitrogen and oxygen atoms in total. The van der Waals surface area contributed by atoms with Gasteiger partial charge in [0.15, 0.2) is 10.7 Å². The number of halogens is 2. The molecule has 4 aromatic rings. The Morgan fingerprint density at radius 1 is 1.19 bits per heavy atom. The van der Waals surface area contributed by atoms with Gasteiger partial charge in [-0.05, 0) is 36.8 Å². The maximum Gasteiger partial charge on any atom is 0.282 e. The van der Waals surface area contributed by atoms with Crippen molar-refractivity contribution in [1.82, 2.24) is 19.3 Å². The van der Waals surface area contributed by atoms with Gasteiger partial charge in [-0.1, -0.05) is 41.6 Å². The van der Waals surface area contributed by atoms with E-state index < -0.39 is 0 Å². The van der Waals surface area contributed by atoms with Crippen LogP contribution in [0.15, 0.2) is 58.6 Å². The van der Waals surface area contributed by atoms with Crippen LogP contribution in [0, 0.1) is 5.82 Å². The minimum atomic E-state index is -0.385. The number of aromatic nitrogens is 4. The second kappa shape index (κ2) is 9.11. The number of rotatable bonds is 7. The third-order valence-electron chi connectivity index (χ3n) is 4.87. The molecule has 2 aromatic heterocycles. The summed E-state index contributed by atoms with van der Waals surface area (Å²) in [6.45, 7) is 2.87. The van der Waals surface area contributed by atoms with Gasteiger partial charge in [0.1, 0.15) is 17.1 Å². The van der Waals surface area contributed by atoms with E-state index in [4.69, 9.17) is 16.3 Å². The summed E-state index contributed by atoms with van der Waals surface area (Å²) in [6, 6.07) is 12.0. The van der Waals surface area contributed by atoms with Crippen molar-refractivity contribution in [2.24, 2.45) is 0 Å². The van der Waals surface area contributed by atoms with Crippen molar-refractivity contribution in [1.29, 1.82) is 0 Å². The van der Waals surface area contributed by atoms with Gasteiger partial charge in [-0.3, -0.25) is 14.0 Å². The van der Waals surface area contributed by atoms with E-state index in [1.54, 1.807) is 34.7 Å². The summed E-state index contributed by atoms with van der Waals surface area (Å²) in [6.07, 6.45) is 1.74. The molecule has 0 saturated carbocycles. The van der Waals surface area contributed by atoms with Crippen LogP contribution in [0.25, 0.3) is 11.0 Å². The minimum absolute atomic E-state index is 0.241. The molecule has 0 aliphatic rings. The molecule has 2 heterocycles. The highest BCUT2D eigenvalue weighted by Crippen LogP contribution is 2.28. The zero-order valence-electron chi connectivity index (χ0n) is 17.0. The van der Waals surface area contributed by atoms with E-state index >= 15 is 0 Å². The van der Waals surface area contributed by atoms with Crippen LogP contribution in [-0.2, 0) is 18.8 Å². The van der Waals surface area contributed by atoms with Gasteiger partial charge in [0, 0.05) is 22.9 Å². The Bertz CT molecular complexity index is 1270. The Morgan fingerprint density at radius 2 is 1.97 bits per heavy atom. The molecule has 31 heavy (non-hydrogen) atoms. The van der Waals surface area contributed by atoms with Crippen LogP contribution in [0.1, 0.15) is 18.1 Å². The summed E-state index contributed by atoms with van der Waals surface area (Å²) < 4.78 is 22.7. The molecule has 0 aliphatic heterocycles. The van der Waals surface area contributed by atoms with Crippen molar-refractivity contribution in [3.05, 3.63) is 81.0 Å². The first-order valence-corrected chi connectivity index (χ1v) is 11.0. The third-order valence-corrected chi connectivity index (χ3v) is 6.23.